The number of fused-ring (bicyclic) bond motifs is 1. The monoisotopic (exact) mass is 240 g/mol. The molecule has 1 aromatic carbocycles. The lowest BCUT2D eigenvalue weighted by Gasteiger charge is -2.01. The molecule has 5 heteroatoms. The van der Waals surface area contributed by atoms with Crippen molar-refractivity contribution in [3.05, 3.63) is 35.9 Å². The maximum atomic E-state index is 9.86. The van der Waals surface area contributed by atoms with Gasteiger partial charge >= 0.3 is 0 Å². The molecular formula is C13H12N4O. The Morgan fingerprint density at radius 3 is 2.83 bits per heavy atom. The molecule has 0 aliphatic heterocycles. The molecule has 0 atom stereocenters. The van der Waals surface area contributed by atoms with Gasteiger partial charge < -0.3 is 15.8 Å². The van der Waals surface area contributed by atoms with Gasteiger partial charge in [0.05, 0.1) is 11.1 Å². The van der Waals surface area contributed by atoms with Gasteiger partial charge in [-0.1, -0.05) is 11.6 Å². The van der Waals surface area contributed by atoms with E-state index in [0.29, 0.717) is 22.9 Å². The number of H-pyrrole nitrogens is 1. The molecule has 3 rings (SSSR count). The molecule has 0 fully saturated rings. The maximum Gasteiger partial charge on any atom is 0.180 e. The molecule has 0 bridgehead atoms. The van der Waals surface area contributed by atoms with Crippen molar-refractivity contribution in [1.29, 1.82) is 0 Å². The third-order valence-electron chi connectivity index (χ3n) is 2.77. The van der Waals surface area contributed by atoms with E-state index in [0.717, 1.165) is 11.1 Å². The lowest BCUT2D eigenvalue weighted by Crippen LogP contribution is -1.88. The van der Waals surface area contributed by atoms with Crippen molar-refractivity contribution in [2.45, 2.75) is 6.92 Å². The quantitative estimate of drug-likeness (QED) is 0.608. The predicted octanol–water partition coefficient (Wildman–Crippen LogP) is 2.22. The second-order valence-corrected chi connectivity index (χ2v) is 4.21. The average molecular weight is 240 g/mol. The first-order valence-electron chi connectivity index (χ1n) is 5.56. The van der Waals surface area contributed by atoms with Crippen LogP contribution in [-0.2, 0) is 0 Å². The topological polar surface area (TPSA) is 87.8 Å². The van der Waals surface area contributed by atoms with E-state index in [1.165, 1.54) is 0 Å². The number of aromatic nitrogens is 3. The Kier molecular flexibility index (Phi) is 2.19. The number of imidazole rings is 1. The van der Waals surface area contributed by atoms with Crippen molar-refractivity contribution >= 4 is 17.0 Å². The van der Waals surface area contributed by atoms with Crippen LogP contribution in [0.2, 0.25) is 0 Å². The number of aromatic hydroxyl groups is 1. The van der Waals surface area contributed by atoms with Gasteiger partial charge in [-0.3, -0.25) is 0 Å². The van der Waals surface area contributed by atoms with Crippen molar-refractivity contribution in [3.63, 3.8) is 0 Å². The van der Waals surface area contributed by atoms with E-state index >= 15 is 0 Å². The Morgan fingerprint density at radius 1 is 1.17 bits per heavy atom. The third kappa shape index (κ3) is 1.66. The van der Waals surface area contributed by atoms with E-state index in [2.05, 4.69) is 15.0 Å². The Labute approximate surface area is 103 Å². The Balaban J connectivity index is 2.22. The van der Waals surface area contributed by atoms with Gasteiger partial charge in [0.1, 0.15) is 17.4 Å². The number of nitrogen functional groups attached to an aromatic ring is 1. The largest absolute Gasteiger partial charge is 0.507 e. The molecule has 0 radical (unpaired) electrons. The number of benzene rings is 1. The molecule has 2 heterocycles. The molecule has 3 aromatic rings. The van der Waals surface area contributed by atoms with Crippen molar-refractivity contribution in [3.8, 4) is 17.1 Å². The minimum Gasteiger partial charge on any atom is -0.507 e. The molecule has 0 spiro atoms. The highest BCUT2D eigenvalue weighted by Gasteiger charge is 2.10. The summed E-state index contributed by atoms with van der Waals surface area (Å²) < 4.78 is 0. The number of nitrogens with two attached hydrogens (primary N) is 1. The van der Waals surface area contributed by atoms with Gasteiger partial charge in [0.15, 0.2) is 5.65 Å². The van der Waals surface area contributed by atoms with E-state index < -0.39 is 0 Å². The van der Waals surface area contributed by atoms with Gasteiger partial charge in [-0.25, -0.2) is 9.97 Å². The Bertz CT molecular complexity index is 733. The zero-order valence-electron chi connectivity index (χ0n) is 9.81. The Morgan fingerprint density at radius 2 is 2.00 bits per heavy atom. The highest BCUT2D eigenvalue weighted by Crippen LogP contribution is 2.29. The number of aryl methyl sites for hydroxylation is 1. The SMILES string of the molecule is Cc1ccc(O)c(-c2nc3nc(N)ccc3[nH]2)c1. The number of aromatic amines is 1. The number of anilines is 1. The second kappa shape index (κ2) is 3.73. The van der Waals surface area contributed by atoms with Crippen molar-refractivity contribution in [2.24, 2.45) is 0 Å². The third-order valence-corrected chi connectivity index (χ3v) is 2.77. The van der Waals surface area contributed by atoms with Crippen LogP contribution in [0.1, 0.15) is 5.56 Å². The molecule has 0 saturated heterocycles. The molecule has 0 unspecified atom stereocenters. The summed E-state index contributed by atoms with van der Waals surface area (Å²) in [6, 6.07) is 8.90. The summed E-state index contributed by atoms with van der Waals surface area (Å²) in [5.41, 5.74) is 8.66. The standard InChI is InChI=1S/C13H12N4O/c1-7-2-4-10(18)8(6-7)12-15-9-3-5-11(14)16-13(9)17-12/h2-6,18H,1H3,(H3,14,15,16,17). The van der Waals surface area contributed by atoms with E-state index in [4.69, 9.17) is 5.73 Å². The number of nitrogens with one attached hydrogen (secondary N) is 1. The fourth-order valence-electron chi connectivity index (χ4n) is 1.87. The van der Waals surface area contributed by atoms with Crippen LogP contribution in [0, 0.1) is 6.92 Å². The number of hydrogen-bond acceptors (Lipinski definition) is 4. The van der Waals surface area contributed by atoms with E-state index in [1.54, 1.807) is 12.1 Å². The summed E-state index contributed by atoms with van der Waals surface area (Å²) in [7, 11) is 0. The summed E-state index contributed by atoms with van der Waals surface area (Å²) >= 11 is 0. The van der Waals surface area contributed by atoms with Gasteiger partial charge in [0.2, 0.25) is 0 Å². The molecule has 0 amide bonds. The molecule has 90 valence electrons. The van der Waals surface area contributed by atoms with E-state index in [1.807, 2.05) is 25.1 Å². The molecule has 0 saturated carbocycles. The highest BCUT2D eigenvalue weighted by molar-refractivity contribution is 5.78. The molecule has 0 aliphatic rings. The Hall–Kier alpha value is -2.56. The van der Waals surface area contributed by atoms with Gasteiger partial charge in [-0.05, 0) is 31.2 Å². The first-order valence-corrected chi connectivity index (χ1v) is 5.56. The molecule has 4 N–H and O–H groups in total. The number of phenolic OH excluding ortho intramolecular Hbond substituents is 1. The minimum atomic E-state index is 0.188. The van der Waals surface area contributed by atoms with Gasteiger partial charge in [-0.15, -0.1) is 0 Å². The first kappa shape index (κ1) is 10.6. The van der Waals surface area contributed by atoms with Crippen LogP contribution in [0.4, 0.5) is 5.82 Å². The van der Waals surface area contributed by atoms with Crippen LogP contribution in [-0.4, -0.2) is 20.1 Å². The van der Waals surface area contributed by atoms with Crippen LogP contribution in [0.15, 0.2) is 30.3 Å². The molecule has 5 nitrogen and oxygen atoms in total. The number of phenols is 1. The molecule has 0 aliphatic carbocycles. The fraction of sp³-hybridized carbons (Fsp3) is 0.0769. The maximum absolute atomic E-state index is 9.86. The van der Waals surface area contributed by atoms with Crippen molar-refractivity contribution in [2.75, 3.05) is 5.73 Å². The van der Waals surface area contributed by atoms with Gasteiger partial charge in [-0.2, -0.15) is 0 Å². The lowest BCUT2D eigenvalue weighted by molar-refractivity contribution is 0.477. The first-order chi connectivity index (χ1) is 8.63. The van der Waals surface area contributed by atoms with Crippen molar-refractivity contribution < 1.29 is 5.11 Å². The lowest BCUT2D eigenvalue weighted by atomic mass is 10.1. The number of pyridine rings is 1. The smallest absolute Gasteiger partial charge is 0.180 e. The summed E-state index contributed by atoms with van der Waals surface area (Å²) in [6.07, 6.45) is 0. The number of nitrogens with zero attached hydrogens (tertiary/aromatic N) is 2. The molecular weight excluding hydrogens is 228 g/mol. The minimum absolute atomic E-state index is 0.188. The zero-order valence-corrected chi connectivity index (χ0v) is 9.81. The average Bonchev–Trinajstić information content (AvgIpc) is 2.74. The summed E-state index contributed by atoms with van der Waals surface area (Å²) in [5.74, 6) is 1.20. The van der Waals surface area contributed by atoms with Gasteiger partial charge in [0.25, 0.3) is 0 Å². The highest BCUT2D eigenvalue weighted by atomic mass is 16.3. The summed E-state index contributed by atoms with van der Waals surface area (Å²) in [6.45, 7) is 1.96. The van der Waals surface area contributed by atoms with Gasteiger partial charge in [0, 0.05) is 0 Å². The van der Waals surface area contributed by atoms with Crippen LogP contribution in [0.5, 0.6) is 5.75 Å². The second-order valence-electron chi connectivity index (χ2n) is 4.21. The van der Waals surface area contributed by atoms with Crippen LogP contribution in [0.3, 0.4) is 0 Å². The van der Waals surface area contributed by atoms with Crippen LogP contribution >= 0.6 is 0 Å². The summed E-state index contributed by atoms with van der Waals surface area (Å²) in [5, 5.41) is 9.86. The predicted molar refractivity (Wildman–Crippen MR) is 70.1 cm³/mol. The molecule has 18 heavy (non-hydrogen) atoms. The number of hydrogen-bond donors (Lipinski definition) is 3. The van der Waals surface area contributed by atoms with Crippen LogP contribution in [0.25, 0.3) is 22.6 Å². The van der Waals surface area contributed by atoms with Crippen LogP contribution < -0.4 is 5.73 Å². The fourth-order valence-corrected chi connectivity index (χ4v) is 1.87. The molecule has 2 aromatic heterocycles. The van der Waals surface area contributed by atoms with E-state index in [-0.39, 0.29) is 5.75 Å². The normalized spacial score (nSPS) is 10.9. The number of rotatable bonds is 1. The zero-order chi connectivity index (χ0) is 12.7. The van der Waals surface area contributed by atoms with Crippen molar-refractivity contribution in [1.82, 2.24) is 15.0 Å². The summed E-state index contributed by atoms with van der Waals surface area (Å²) in [4.78, 5) is 11.6. The van der Waals surface area contributed by atoms with E-state index in [9.17, 15) is 5.11 Å².